The average molecular weight is 431 g/mol. The smallest absolute Gasteiger partial charge is 0.274 e. The number of nitrogens with one attached hydrogen (secondary N) is 1. The fourth-order valence-corrected chi connectivity index (χ4v) is 3.61. The van der Waals surface area contributed by atoms with Crippen LogP contribution in [0.15, 0.2) is 59.1 Å². The molecule has 1 amide bonds. The van der Waals surface area contributed by atoms with E-state index in [0.29, 0.717) is 17.9 Å². The number of rotatable bonds is 7. The highest BCUT2D eigenvalue weighted by molar-refractivity contribution is 5.93. The monoisotopic (exact) mass is 430 g/mol. The van der Waals surface area contributed by atoms with Gasteiger partial charge in [-0.1, -0.05) is 41.6 Å². The molecule has 0 aliphatic rings. The number of amides is 1. The van der Waals surface area contributed by atoms with Crippen molar-refractivity contribution in [3.8, 4) is 11.4 Å². The summed E-state index contributed by atoms with van der Waals surface area (Å²) < 4.78 is 13.1. The van der Waals surface area contributed by atoms with Crippen molar-refractivity contribution in [2.45, 2.75) is 40.8 Å². The highest BCUT2D eigenvalue weighted by Gasteiger charge is 2.21. The summed E-state index contributed by atoms with van der Waals surface area (Å²) >= 11 is 0. The highest BCUT2D eigenvalue weighted by Crippen LogP contribution is 2.22. The predicted molar refractivity (Wildman–Crippen MR) is 121 cm³/mol. The van der Waals surface area contributed by atoms with Gasteiger partial charge in [0.15, 0.2) is 5.69 Å². The van der Waals surface area contributed by atoms with Crippen LogP contribution in [-0.4, -0.2) is 20.8 Å². The molecule has 0 bridgehead atoms. The number of carbonyl (C=O) groups excluding carboxylic acids is 1. The van der Waals surface area contributed by atoms with Crippen LogP contribution < -0.4 is 10.1 Å². The third kappa shape index (κ3) is 4.27. The number of hydrogen-bond donors (Lipinski definition) is 1. The Bertz CT molecular complexity index is 1240. The Balaban J connectivity index is 1.48. The van der Waals surface area contributed by atoms with Gasteiger partial charge in [-0.05, 0) is 51.5 Å². The summed E-state index contributed by atoms with van der Waals surface area (Å²) in [4.78, 5) is 12.9. The zero-order valence-corrected chi connectivity index (χ0v) is 18.7. The van der Waals surface area contributed by atoms with Gasteiger partial charge in [0.1, 0.15) is 18.1 Å². The van der Waals surface area contributed by atoms with Crippen LogP contribution in [0.25, 0.3) is 5.69 Å². The first-order valence-electron chi connectivity index (χ1n) is 10.5. The molecule has 0 spiro atoms. The Labute approximate surface area is 187 Å². The van der Waals surface area contributed by atoms with Crippen molar-refractivity contribution in [3.05, 3.63) is 94.1 Å². The van der Waals surface area contributed by atoms with E-state index in [-0.39, 0.29) is 18.2 Å². The number of aryl methyl sites for hydroxylation is 3. The Morgan fingerprint density at radius 3 is 2.47 bits per heavy atom. The molecule has 164 valence electrons. The molecule has 0 atom stereocenters. The van der Waals surface area contributed by atoms with Gasteiger partial charge >= 0.3 is 0 Å². The van der Waals surface area contributed by atoms with Crippen molar-refractivity contribution in [2.75, 3.05) is 0 Å². The minimum Gasteiger partial charge on any atom is -0.488 e. The summed E-state index contributed by atoms with van der Waals surface area (Å²) in [5.74, 6) is 1.02. The summed E-state index contributed by atoms with van der Waals surface area (Å²) in [5, 5.41) is 11.6. The molecule has 2 aromatic heterocycles. The first-order valence-corrected chi connectivity index (χ1v) is 10.5. The molecule has 0 fully saturated rings. The van der Waals surface area contributed by atoms with Gasteiger partial charge in [-0.15, -0.1) is 0 Å². The first kappa shape index (κ1) is 21.4. The maximum absolute atomic E-state index is 12.9. The van der Waals surface area contributed by atoms with Crippen LogP contribution in [0.3, 0.4) is 0 Å². The standard InChI is InChI=1S/C25H26N4O3/c1-16-10-8-9-13-23(16)31-15-22-19(4)32-28-24(22)25(30)26-14-21-17(2)27-29(18(21)3)20-11-6-5-7-12-20/h5-13H,14-15H2,1-4H3,(H,26,30). The molecule has 4 aromatic rings. The normalized spacial score (nSPS) is 10.9. The van der Waals surface area contributed by atoms with Crippen LogP contribution in [0.4, 0.5) is 0 Å². The lowest BCUT2D eigenvalue weighted by Crippen LogP contribution is -2.25. The molecule has 1 N–H and O–H groups in total. The molecule has 0 radical (unpaired) electrons. The van der Waals surface area contributed by atoms with Gasteiger partial charge in [0, 0.05) is 17.8 Å². The van der Waals surface area contributed by atoms with E-state index < -0.39 is 0 Å². The molecule has 0 unspecified atom stereocenters. The van der Waals surface area contributed by atoms with Crippen LogP contribution in [-0.2, 0) is 13.2 Å². The average Bonchev–Trinajstić information content (AvgIpc) is 3.31. The quantitative estimate of drug-likeness (QED) is 0.463. The van der Waals surface area contributed by atoms with Gasteiger partial charge in [0.25, 0.3) is 5.91 Å². The Hall–Kier alpha value is -3.87. The van der Waals surface area contributed by atoms with E-state index >= 15 is 0 Å². The minimum atomic E-state index is -0.309. The summed E-state index contributed by atoms with van der Waals surface area (Å²) in [6.45, 7) is 8.23. The number of benzene rings is 2. The lowest BCUT2D eigenvalue weighted by atomic mass is 10.1. The predicted octanol–water partition coefficient (Wildman–Crippen LogP) is 4.60. The number of ether oxygens (including phenoxy) is 1. The third-order valence-electron chi connectivity index (χ3n) is 5.53. The molecular weight excluding hydrogens is 404 g/mol. The van der Waals surface area contributed by atoms with E-state index in [0.717, 1.165) is 34.0 Å². The van der Waals surface area contributed by atoms with Gasteiger partial charge < -0.3 is 14.6 Å². The van der Waals surface area contributed by atoms with Gasteiger partial charge in [-0.3, -0.25) is 4.79 Å². The fourth-order valence-electron chi connectivity index (χ4n) is 3.61. The second-order valence-electron chi connectivity index (χ2n) is 7.70. The molecule has 0 saturated heterocycles. The van der Waals surface area contributed by atoms with Crippen molar-refractivity contribution in [3.63, 3.8) is 0 Å². The number of para-hydroxylation sites is 2. The van der Waals surface area contributed by atoms with Crippen LogP contribution in [0.1, 0.15) is 44.3 Å². The number of hydrogen-bond acceptors (Lipinski definition) is 5. The minimum absolute atomic E-state index is 0.201. The lowest BCUT2D eigenvalue weighted by Gasteiger charge is -2.09. The number of nitrogens with zero attached hydrogens (tertiary/aromatic N) is 3. The van der Waals surface area contributed by atoms with E-state index in [9.17, 15) is 4.79 Å². The molecule has 0 saturated carbocycles. The molecule has 2 heterocycles. The highest BCUT2D eigenvalue weighted by atomic mass is 16.5. The van der Waals surface area contributed by atoms with Crippen molar-refractivity contribution in [1.82, 2.24) is 20.3 Å². The van der Waals surface area contributed by atoms with Gasteiger partial charge in [0.05, 0.1) is 16.9 Å². The van der Waals surface area contributed by atoms with Crippen LogP contribution in [0.5, 0.6) is 5.75 Å². The maximum Gasteiger partial charge on any atom is 0.274 e. The van der Waals surface area contributed by atoms with Crippen molar-refractivity contribution in [2.24, 2.45) is 0 Å². The van der Waals surface area contributed by atoms with E-state index in [1.54, 1.807) is 6.92 Å². The van der Waals surface area contributed by atoms with Crippen LogP contribution in [0, 0.1) is 27.7 Å². The van der Waals surface area contributed by atoms with Crippen LogP contribution >= 0.6 is 0 Å². The summed E-state index contributed by atoms with van der Waals surface area (Å²) in [5.41, 5.74) is 5.70. The van der Waals surface area contributed by atoms with E-state index in [1.807, 2.05) is 80.1 Å². The second-order valence-corrected chi connectivity index (χ2v) is 7.70. The Morgan fingerprint density at radius 2 is 1.72 bits per heavy atom. The van der Waals surface area contributed by atoms with E-state index in [2.05, 4.69) is 15.6 Å². The lowest BCUT2D eigenvalue weighted by molar-refractivity contribution is 0.0939. The Kier molecular flexibility index (Phi) is 6.07. The van der Waals surface area contributed by atoms with Crippen molar-refractivity contribution < 1.29 is 14.1 Å². The third-order valence-corrected chi connectivity index (χ3v) is 5.53. The number of aromatic nitrogens is 3. The maximum atomic E-state index is 12.9. The van der Waals surface area contributed by atoms with Crippen LogP contribution in [0.2, 0.25) is 0 Å². The summed E-state index contributed by atoms with van der Waals surface area (Å²) in [6.07, 6.45) is 0. The largest absolute Gasteiger partial charge is 0.488 e. The Morgan fingerprint density at radius 1 is 1.00 bits per heavy atom. The zero-order chi connectivity index (χ0) is 22.7. The van der Waals surface area contributed by atoms with Gasteiger partial charge in [-0.2, -0.15) is 5.10 Å². The molecule has 32 heavy (non-hydrogen) atoms. The molecule has 0 aliphatic heterocycles. The molecule has 0 aliphatic carbocycles. The molecule has 7 nitrogen and oxygen atoms in total. The number of carbonyl (C=O) groups is 1. The second kappa shape index (κ2) is 9.09. The summed E-state index contributed by atoms with van der Waals surface area (Å²) in [7, 11) is 0. The molecule has 2 aromatic carbocycles. The fraction of sp³-hybridized carbons (Fsp3) is 0.240. The van der Waals surface area contributed by atoms with Gasteiger partial charge in [0.2, 0.25) is 0 Å². The topological polar surface area (TPSA) is 82.2 Å². The summed E-state index contributed by atoms with van der Waals surface area (Å²) in [6, 6.07) is 17.7. The molecular formula is C25H26N4O3. The van der Waals surface area contributed by atoms with E-state index in [4.69, 9.17) is 9.26 Å². The SMILES string of the molecule is Cc1ccccc1OCc1c(C(=O)NCc2c(C)nn(-c3ccccc3)c2C)noc1C. The molecule has 7 heteroatoms. The van der Waals surface area contributed by atoms with E-state index in [1.165, 1.54) is 0 Å². The molecule has 4 rings (SSSR count). The van der Waals surface area contributed by atoms with Crippen molar-refractivity contribution >= 4 is 5.91 Å². The zero-order valence-electron chi connectivity index (χ0n) is 18.7. The first-order chi connectivity index (χ1) is 15.5. The van der Waals surface area contributed by atoms with Gasteiger partial charge in [-0.25, -0.2) is 4.68 Å². The van der Waals surface area contributed by atoms with Crippen molar-refractivity contribution in [1.29, 1.82) is 0 Å².